The van der Waals surface area contributed by atoms with Crippen LogP contribution in [0, 0.1) is 0 Å². The number of pyridine rings is 1. The molecule has 0 N–H and O–H groups in total. The summed E-state index contributed by atoms with van der Waals surface area (Å²) in [4.78, 5) is 15.7. The highest BCUT2D eigenvalue weighted by molar-refractivity contribution is 6.18. The predicted molar refractivity (Wildman–Crippen MR) is 279 cm³/mol. The Morgan fingerprint density at radius 1 is 0.338 bits per heavy atom. The van der Waals surface area contributed by atoms with Gasteiger partial charge in [0.2, 0.25) is 0 Å². The van der Waals surface area contributed by atoms with E-state index in [2.05, 4.69) is 223 Å². The van der Waals surface area contributed by atoms with E-state index in [-0.39, 0.29) is 0 Å². The Morgan fingerprint density at radius 3 is 1.57 bits per heavy atom. The Morgan fingerprint density at radius 2 is 0.868 bits per heavy atom. The van der Waals surface area contributed by atoms with Crippen molar-refractivity contribution in [1.29, 1.82) is 0 Å². The maximum absolute atomic E-state index is 7.01. The smallest absolute Gasteiger partial charge is 0.162 e. The lowest BCUT2D eigenvalue weighted by Gasteiger charge is -2.13. The second-order valence-electron chi connectivity index (χ2n) is 17.1. The molecule has 5 nitrogen and oxygen atoms in total. The highest BCUT2D eigenvalue weighted by Crippen LogP contribution is 2.47. The Labute approximate surface area is 392 Å². The Bertz CT molecular complexity index is 3950. The fourth-order valence-electron chi connectivity index (χ4n) is 9.82. The van der Waals surface area contributed by atoms with Crippen LogP contribution in [0.25, 0.3) is 128 Å². The number of aromatic nitrogens is 4. The number of furan rings is 1. The third kappa shape index (κ3) is 6.76. The molecule has 0 aliphatic carbocycles. The minimum Gasteiger partial charge on any atom is -0.453 e. The van der Waals surface area contributed by atoms with Gasteiger partial charge in [-0.15, -0.1) is 0 Å². The fraction of sp³-hybridized carbons (Fsp3) is 0. The van der Waals surface area contributed by atoms with Gasteiger partial charge in [-0.2, -0.15) is 0 Å². The maximum Gasteiger partial charge on any atom is 0.162 e. The molecule has 0 spiro atoms. The van der Waals surface area contributed by atoms with Crippen LogP contribution < -0.4 is 0 Å². The van der Waals surface area contributed by atoms with E-state index in [4.69, 9.17) is 19.4 Å². The van der Waals surface area contributed by atoms with Gasteiger partial charge in [0.05, 0.1) is 27.9 Å². The summed E-state index contributed by atoms with van der Waals surface area (Å²) in [6, 6.07) is 84.8. The van der Waals surface area contributed by atoms with Crippen LogP contribution in [0.15, 0.2) is 247 Å². The Balaban J connectivity index is 0.903. The molecule has 13 rings (SSSR count). The number of benzene rings is 9. The van der Waals surface area contributed by atoms with Crippen LogP contribution in [0.2, 0.25) is 0 Å². The molecule has 68 heavy (non-hydrogen) atoms. The zero-order valence-electron chi connectivity index (χ0n) is 36.8. The van der Waals surface area contributed by atoms with E-state index in [9.17, 15) is 0 Å². The molecular weight excluding hydrogens is 829 g/mol. The summed E-state index contributed by atoms with van der Waals surface area (Å²) in [6.07, 6.45) is 0. The lowest BCUT2D eigenvalue weighted by Crippen LogP contribution is -1.98. The number of rotatable bonds is 8. The second-order valence-corrected chi connectivity index (χ2v) is 17.1. The van der Waals surface area contributed by atoms with Gasteiger partial charge in [0.1, 0.15) is 11.5 Å². The lowest BCUT2D eigenvalue weighted by molar-refractivity contribution is 0.632. The molecule has 0 saturated heterocycles. The average molecular weight is 869 g/mol. The summed E-state index contributed by atoms with van der Waals surface area (Å²) in [7, 11) is 0. The van der Waals surface area contributed by atoms with Crippen LogP contribution in [0.5, 0.6) is 0 Å². The predicted octanol–water partition coefficient (Wildman–Crippen LogP) is 16.5. The van der Waals surface area contributed by atoms with E-state index < -0.39 is 0 Å². The molecular formula is C63H40N4O. The highest BCUT2D eigenvalue weighted by atomic mass is 16.3. The molecule has 0 aliphatic heterocycles. The monoisotopic (exact) mass is 868 g/mol. The minimum absolute atomic E-state index is 0.676. The third-order valence-electron chi connectivity index (χ3n) is 13.0. The first-order chi connectivity index (χ1) is 33.7. The van der Waals surface area contributed by atoms with Crippen molar-refractivity contribution in [3.8, 4) is 84.4 Å². The fourth-order valence-corrected chi connectivity index (χ4v) is 9.82. The number of para-hydroxylation sites is 3. The van der Waals surface area contributed by atoms with Crippen LogP contribution >= 0.6 is 0 Å². The molecule has 0 atom stereocenters. The van der Waals surface area contributed by atoms with Crippen LogP contribution in [0.1, 0.15) is 0 Å². The van der Waals surface area contributed by atoms with Gasteiger partial charge in [-0.05, 0) is 59.2 Å². The maximum atomic E-state index is 7.01. The largest absolute Gasteiger partial charge is 0.453 e. The number of nitrogens with zero attached hydrogens (tertiary/aromatic N) is 4. The summed E-state index contributed by atoms with van der Waals surface area (Å²) in [5.41, 5.74) is 16.9. The topological polar surface area (TPSA) is 56.7 Å². The summed E-state index contributed by atoms with van der Waals surface area (Å²) >= 11 is 0. The molecule has 4 heterocycles. The SMILES string of the molecule is c1ccc(-c2nc(-c3ccc(-c4cccc(-c5nc6ccccc6c6c(-c7ccccc7)c(-c7ccccc7)oc56)c4)cc3)cc(-c3cccc(-n4c5ccccc5c5ccccc54)c3)n2)cc1. The summed E-state index contributed by atoms with van der Waals surface area (Å²) in [6.45, 7) is 0. The van der Waals surface area contributed by atoms with Crippen molar-refractivity contribution in [2.24, 2.45) is 0 Å². The Kier molecular flexibility index (Phi) is 9.43. The number of hydrogen-bond donors (Lipinski definition) is 0. The molecule has 0 aliphatic rings. The van der Waals surface area contributed by atoms with E-state index in [1.165, 1.54) is 21.8 Å². The first kappa shape index (κ1) is 39.2. The minimum atomic E-state index is 0.676. The molecule has 0 fully saturated rings. The molecule has 0 saturated carbocycles. The van der Waals surface area contributed by atoms with Gasteiger partial charge in [0, 0.05) is 60.6 Å². The quantitative estimate of drug-likeness (QED) is 0.153. The molecule has 0 radical (unpaired) electrons. The van der Waals surface area contributed by atoms with Gasteiger partial charge in [-0.25, -0.2) is 15.0 Å². The molecule has 13 aromatic rings. The van der Waals surface area contributed by atoms with Crippen molar-refractivity contribution in [2.75, 3.05) is 0 Å². The van der Waals surface area contributed by atoms with Crippen LogP contribution in [0.4, 0.5) is 0 Å². The summed E-state index contributed by atoms with van der Waals surface area (Å²) < 4.78 is 9.36. The van der Waals surface area contributed by atoms with Gasteiger partial charge in [0.25, 0.3) is 0 Å². The zero-order valence-corrected chi connectivity index (χ0v) is 36.8. The molecule has 0 bridgehead atoms. The third-order valence-corrected chi connectivity index (χ3v) is 13.0. The molecule has 0 unspecified atom stereocenters. The van der Waals surface area contributed by atoms with E-state index >= 15 is 0 Å². The second kappa shape index (κ2) is 16.4. The average Bonchev–Trinajstić information content (AvgIpc) is 3.99. The van der Waals surface area contributed by atoms with Gasteiger partial charge in [0.15, 0.2) is 11.4 Å². The van der Waals surface area contributed by atoms with Crippen molar-refractivity contribution >= 4 is 43.7 Å². The van der Waals surface area contributed by atoms with Crippen molar-refractivity contribution < 1.29 is 4.42 Å². The molecule has 0 amide bonds. The van der Waals surface area contributed by atoms with E-state index in [1.54, 1.807) is 0 Å². The highest BCUT2D eigenvalue weighted by Gasteiger charge is 2.24. The van der Waals surface area contributed by atoms with Crippen molar-refractivity contribution in [1.82, 2.24) is 19.5 Å². The zero-order chi connectivity index (χ0) is 45.0. The lowest BCUT2D eigenvalue weighted by atomic mass is 9.95. The van der Waals surface area contributed by atoms with Crippen molar-refractivity contribution in [2.45, 2.75) is 0 Å². The molecule has 318 valence electrons. The normalized spacial score (nSPS) is 11.5. The molecule has 5 heteroatoms. The van der Waals surface area contributed by atoms with E-state index in [0.29, 0.717) is 5.82 Å². The summed E-state index contributed by atoms with van der Waals surface area (Å²) in [5.74, 6) is 1.51. The first-order valence-electron chi connectivity index (χ1n) is 22.9. The van der Waals surface area contributed by atoms with Crippen LogP contribution in [0.3, 0.4) is 0 Å². The van der Waals surface area contributed by atoms with Gasteiger partial charge in [-0.1, -0.05) is 200 Å². The van der Waals surface area contributed by atoms with Crippen LogP contribution in [-0.2, 0) is 0 Å². The molecule has 9 aromatic carbocycles. The van der Waals surface area contributed by atoms with Crippen molar-refractivity contribution in [3.05, 3.63) is 243 Å². The summed E-state index contributed by atoms with van der Waals surface area (Å²) in [5, 5.41) is 4.58. The van der Waals surface area contributed by atoms with Crippen LogP contribution in [-0.4, -0.2) is 19.5 Å². The number of hydrogen-bond acceptors (Lipinski definition) is 4. The standard InChI is InChI=1S/C63H40N4O/c1-4-18-43(19-5-1)58-59-52-30-10-13-31-53(52)64-60(62(59)68-61(58)44-20-6-2-7-21-44)48-26-16-24-46(38-48)41-34-36-42(37-35-41)54-40-55(66-63(65-54)45-22-8-3-9-23-45)47-25-17-27-49(39-47)67-56-32-14-11-28-50(56)51-29-12-15-33-57(51)67/h1-40H. The van der Waals surface area contributed by atoms with Gasteiger partial charge >= 0.3 is 0 Å². The molecule has 4 aromatic heterocycles. The van der Waals surface area contributed by atoms with E-state index in [0.717, 1.165) is 100 Å². The van der Waals surface area contributed by atoms with Crippen molar-refractivity contribution in [3.63, 3.8) is 0 Å². The Hall–Kier alpha value is -9.19. The van der Waals surface area contributed by atoms with Gasteiger partial charge < -0.3 is 8.98 Å². The van der Waals surface area contributed by atoms with E-state index in [1.807, 2.05) is 24.3 Å². The first-order valence-corrected chi connectivity index (χ1v) is 22.9. The van der Waals surface area contributed by atoms with Gasteiger partial charge in [-0.3, -0.25) is 0 Å². The number of fused-ring (bicyclic) bond motifs is 6.